The van der Waals surface area contributed by atoms with Gasteiger partial charge in [-0.1, -0.05) is 0 Å². The number of carbonyl (C=O) groups excluding carboxylic acids is 3. The van der Waals surface area contributed by atoms with Crippen LogP contribution < -0.4 is 11.1 Å². The van der Waals surface area contributed by atoms with Gasteiger partial charge in [-0.05, 0) is 32.3 Å². The van der Waals surface area contributed by atoms with Gasteiger partial charge in [0.25, 0.3) is 11.8 Å². The lowest BCUT2D eigenvalue weighted by molar-refractivity contribution is -0.124. The molecule has 1 fully saturated rings. The number of hydrogen-bond donors (Lipinski definition) is 2. The van der Waals surface area contributed by atoms with Crippen LogP contribution in [0.5, 0.6) is 0 Å². The minimum atomic E-state index is -0.702. The third-order valence-corrected chi connectivity index (χ3v) is 4.50. The van der Waals surface area contributed by atoms with Gasteiger partial charge >= 0.3 is 5.97 Å². The fourth-order valence-electron chi connectivity index (χ4n) is 2.27. The van der Waals surface area contributed by atoms with E-state index in [0.717, 1.165) is 17.8 Å². The van der Waals surface area contributed by atoms with Crippen LogP contribution in [0.25, 0.3) is 0 Å². The van der Waals surface area contributed by atoms with Gasteiger partial charge in [0.05, 0.1) is 12.2 Å². The van der Waals surface area contributed by atoms with E-state index < -0.39 is 18.0 Å². The number of ether oxygens (including phenoxy) is 2. The molecule has 0 aliphatic carbocycles. The van der Waals surface area contributed by atoms with Crippen molar-refractivity contribution in [3.05, 3.63) is 16.0 Å². The van der Waals surface area contributed by atoms with Crippen LogP contribution in [0, 0.1) is 6.92 Å². The molecule has 0 saturated carbocycles. The zero-order chi connectivity index (χ0) is 16.3. The van der Waals surface area contributed by atoms with Crippen molar-refractivity contribution in [1.29, 1.82) is 0 Å². The molecule has 8 heteroatoms. The summed E-state index contributed by atoms with van der Waals surface area (Å²) in [5, 5.41) is 2.90. The summed E-state index contributed by atoms with van der Waals surface area (Å²) in [6.45, 7) is 4.05. The molecular weight excluding hydrogens is 308 g/mol. The monoisotopic (exact) mass is 326 g/mol. The van der Waals surface area contributed by atoms with Crippen LogP contribution in [-0.2, 0) is 14.3 Å². The number of amides is 2. The van der Waals surface area contributed by atoms with Crippen molar-refractivity contribution in [2.24, 2.45) is 5.73 Å². The first-order valence-corrected chi connectivity index (χ1v) is 7.80. The molecule has 0 bridgehead atoms. The molecule has 3 N–H and O–H groups in total. The van der Waals surface area contributed by atoms with Crippen molar-refractivity contribution in [1.82, 2.24) is 0 Å². The minimum Gasteiger partial charge on any atom is -0.462 e. The molecule has 0 radical (unpaired) electrons. The Morgan fingerprint density at radius 2 is 2.18 bits per heavy atom. The Hall–Kier alpha value is -1.93. The van der Waals surface area contributed by atoms with Gasteiger partial charge in [0.2, 0.25) is 0 Å². The van der Waals surface area contributed by atoms with Gasteiger partial charge < -0.3 is 20.5 Å². The summed E-state index contributed by atoms with van der Waals surface area (Å²) >= 11 is 0.987. The summed E-state index contributed by atoms with van der Waals surface area (Å²) in [7, 11) is 0. The lowest BCUT2D eigenvalue weighted by Crippen LogP contribution is -2.27. The second kappa shape index (κ2) is 6.89. The van der Waals surface area contributed by atoms with Gasteiger partial charge in [-0.15, -0.1) is 11.3 Å². The van der Waals surface area contributed by atoms with Gasteiger partial charge in [-0.2, -0.15) is 0 Å². The SMILES string of the molecule is CCOC(=O)c1sc(NC(=O)[C@@H]2CCCO2)c(C(N)=O)c1C. The number of thiophene rings is 1. The van der Waals surface area contributed by atoms with Crippen molar-refractivity contribution in [3.63, 3.8) is 0 Å². The molecule has 0 spiro atoms. The quantitative estimate of drug-likeness (QED) is 0.796. The van der Waals surface area contributed by atoms with Gasteiger partial charge in [0.1, 0.15) is 16.0 Å². The molecule has 2 amide bonds. The topological polar surface area (TPSA) is 108 Å². The molecule has 2 rings (SSSR count). The predicted molar refractivity (Wildman–Crippen MR) is 81.1 cm³/mol. The molecule has 0 aromatic carbocycles. The normalized spacial score (nSPS) is 17.3. The molecule has 1 saturated heterocycles. The summed E-state index contributed by atoms with van der Waals surface area (Å²) < 4.78 is 10.2. The van der Waals surface area contributed by atoms with Crippen LogP contribution in [0.2, 0.25) is 0 Å². The van der Waals surface area contributed by atoms with E-state index in [1.165, 1.54) is 0 Å². The maximum Gasteiger partial charge on any atom is 0.348 e. The summed E-state index contributed by atoms with van der Waals surface area (Å²) in [6.07, 6.45) is 0.916. The maximum absolute atomic E-state index is 12.1. The van der Waals surface area contributed by atoms with Crippen molar-refractivity contribution in [2.75, 3.05) is 18.5 Å². The van der Waals surface area contributed by atoms with Gasteiger partial charge in [0.15, 0.2) is 0 Å². The molecule has 22 heavy (non-hydrogen) atoms. The Labute approximate surface area is 131 Å². The number of primary amides is 1. The molecular formula is C14H18N2O5S. The van der Waals surface area contributed by atoms with E-state index in [1.807, 2.05) is 0 Å². The third kappa shape index (κ3) is 3.28. The van der Waals surface area contributed by atoms with Gasteiger partial charge in [-0.25, -0.2) is 4.79 Å². The van der Waals surface area contributed by atoms with E-state index in [9.17, 15) is 14.4 Å². The maximum atomic E-state index is 12.1. The van der Waals surface area contributed by atoms with E-state index in [4.69, 9.17) is 15.2 Å². The van der Waals surface area contributed by atoms with E-state index in [2.05, 4.69) is 5.32 Å². The summed E-state index contributed by atoms with van der Waals surface area (Å²) in [5.74, 6) is -1.58. The summed E-state index contributed by atoms with van der Waals surface area (Å²) in [5.41, 5.74) is 5.92. The number of nitrogens with two attached hydrogens (primary N) is 1. The standard InChI is InChI=1S/C14H18N2O5S/c1-3-20-14(19)10-7(2)9(11(15)17)13(22-10)16-12(18)8-5-4-6-21-8/h8H,3-6H2,1-2H3,(H2,15,17)(H,16,18)/t8-/m0/s1. The van der Waals surface area contributed by atoms with Crippen molar-refractivity contribution >= 4 is 34.1 Å². The van der Waals surface area contributed by atoms with Gasteiger partial charge in [0, 0.05) is 6.61 Å². The number of nitrogens with one attached hydrogen (secondary N) is 1. The van der Waals surface area contributed by atoms with Gasteiger partial charge in [-0.3, -0.25) is 9.59 Å². The Balaban J connectivity index is 2.29. The van der Waals surface area contributed by atoms with Crippen LogP contribution in [0.3, 0.4) is 0 Å². The highest BCUT2D eigenvalue weighted by Gasteiger charge is 2.28. The van der Waals surface area contributed by atoms with E-state index in [0.29, 0.717) is 18.6 Å². The van der Waals surface area contributed by atoms with Crippen LogP contribution >= 0.6 is 11.3 Å². The van der Waals surface area contributed by atoms with Crippen molar-refractivity contribution < 1.29 is 23.9 Å². The number of anilines is 1. The minimum absolute atomic E-state index is 0.138. The number of rotatable bonds is 5. The molecule has 1 aliphatic heterocycles. The Morgan fingerprint density at radius 3 is 2.73 bits per heavy atom. The number of carbonyl (C=O) groups is 3. The highest BCUT2D eigenvalue weighted by atomic mass is 32.1. The lowest BCUT2D eigenvalue weighted by Gasteiger charge is -2.09. The first kappa shape index (κ1) is 16.4. The zero-order valence-corrected chi connectivity index (χ0v) is 13.2. The van der Waals surface area contributed by atoms with Crippen LogP contribution in [0.4, 0.5) is 5.00 Å². The molecule has 1 atom stereocenters. The molecule has 1 aromatic rings. The molecule has 120 valence electrons. The molecule has 7 nitrogen and oxygen atoms in total. The molecule has 2 heterocycles. The first-order chi connectivity index (χ1) is 10.5. The fraction of sp³-hybridized carbons (Fsp3) is 0.500. The Bertz CT molecular complexity index is 605. The lowest BCUT2D eigenvalue weighted by atomic mass is 10.1. The number of hydrogen-bond acceptors (Lipinski definition) is 6. The van der Waals surface area contributed by atoms with Crippen LogP contribution in [0.1, 0.15) is 45.4 Å². The highest BCUT2D eigenvalue weighted by Crippen LogP contribution is 2.33. The van der Waals surface area contributed by atoms with Crippen molar-refractivity contribution in [2.45, 2.75) is 32.8 Å². The van der Waals surface area contributed by atoms with E-state index in [1.54, 1.807) is 13.8 Å². The highest BCUT2D eigenvalue weighted by molar-refractivity contribution is 7.18. The first-order valence-electron chi connectivity index (χ1n) is 6.98. The largest absolute Gasteiger partial charge is 0.462 e. The molecule has 0 unspecified atom stereocenters. The van der Waals surface area contributed by atoms with Crippen molar-refractivity contribution in [3.8, 4) is 0 Å². The second-order valence-corrected chi connectivity index (χ2v) is 5.86. The summed E-state index contributed by atoms with van der Waals surface area (Å²) in [6, 6.07) is 0. The molecule has 1 aliphatic rings. The van der Waals surface area contributed by atoms with E-state index in [-0.39, 0.29) is 28.0 Å². The van der Waals surface area contributed by atoms with Crippen LogP contribution in [0.15, 0.2) is 0 Å². The van der Waals surface area contributed by atoms with E-state index >= 15 is 0 Å². The second-order valence-electron chi connectivity index (χ2n) is 4.84. The smallest absolute Gasteiger partial charge is 0.348 e. The fourth-order valence-corrected chi connectivity index (χ4v) is 3.38. The average molecular weight is 326 g/mol. The molecule has 1 aromatic heterocycles. The average Bonchev–Trinajstić information content (AvgIpc) is 3.07. The zero-order valence-electron chi connectivity index (χ0n) is 12.4. The Morgan fingerprint density at radius 1 is 1.45 bits per heavy atom. The Kier molecular flexibility index (Phi) is 5.15. The third-order valence-electron chi connectivity index (χ3n) is 3.31. The van der Waals surface area contributed by atoms with Crippen LogP contribution in [-0.4, -0.2) is 37.1 Å². The predicted octanol–water partition coefficient (Wildman–Crippen LogP) is 1.45. The summed E-state index contributed by atoms with van der Waals surface area (Å²) in [4.78, 5) is 35.9. The number of esters is 1.